The summed E-state index contributed by atoms with van der Waals surface area (Å²) in [4.78, 5) is 4.14. The lowest BCUT2D eigenvalue weighted by Gasteiger charge is -2.14. The van der Waals surface area contributed by atoms with Gasteiger partial charge in [0.05, 0.1) is 0 Å². The first-order valence-corrected chi connectivity index (χ1v) is 5.23. The van der Waals surface area contributed by atoms with E-state index in [-0.39, 0.29) is 5.50 Å². The van der Waals surface area contributed by atoms with Gasteiger partial charge >= 0.3 is 0 Å². The van der Waals surface area contributed by atoms with Crippen molar-refractivity contribution in [2.45, 2.75) is 5.50 Å². The van der Waals surface area contributed by atoms with Crippen LogP contribution in [0, 0.1) is 0 Å². The molecule has 15 heavy (non-hydrogen) atoms. The molecular formula is C10H9Cl2N3. The maximum atomic E-state index is 5.85. The number of aliphatic imine (C=N–C) groups is 1. The Morgan fingerprint density at radius 3 is 3.00 bits per heavy atom. The van der Waals surface area contributed by atoms with E-state index in [0.29, 0.717) is 11.0 Å². The molecule has 3 nitrogen and oxygen atoms in total. The normalized spacial score (nSPS) is 19.3. The summed E-state index contributed by atoms with van der Waals surface area (Å²) in [6, 6.07) is 7.39. The molecule has 0 aromatic heterocycles. The fraction of sp³-hybridized carbons (Fsp3) is 0.100. The van der Waals surface area contributed by atoms with Gasteiger partial charge in [0.25, 0.3) is 0 Å². The molecule has 1 aliphatic heterocycles. The van der Waals surface area contributed by atoms with Crippen molar-refractivity contribution >= 4 is 34.8 Å². The number of anilines is 1. The second kappa shape index (κ2) is 4.55. The van der Waals surface area contributed by atoms with E-state index in [1.807, 2.05) is 24.3 Å². The van der Waals surface area contributed by atoms with Crippen molar-refractivity contribution in [3.05, 3.63) is 41.6 Å². The van der Waals surface area contributed by atoms with Crippen LogP contribution in [0.2, 0.25) is 5.02 Å². The Labute approximate surface area is 97.8 Å². The van der Waals surface area contributed by atoms with Gasteiger partial charge in [-0.3, -0.25) is 0 Å². The van der Waals surface area contributed by atoms with Gasteiger partial charge in [-0.1, -0.05) is 29.3 Å². The van der Waals surface area contributed by atoms with Gasteiger partial charge in [-0.25, -0.2) is 4.99 Å². The van der Waals surface area contributed by atoms with Gasteiger partial charge in [0.1, 0.15) is 5.50 Å². The summed E-state index contributed by atoms with van der Waals surface area (Å²) >= 11 is 11.7. The Morgan fingerprint density at radius 1 is 1.40 bits per heavy atom. The van der Waals surface area contributed by atoms with Gasteiger partial charge in [0.15, 0.2) is 0 Å². The number of nitrogens with zero attached hydrogens (tertiary/aromatic N) is 1. The molecule has 1 aromatic rings. The highest BCUT2D eigenvalue weighted by Crippen LogP contribution is 2.15. The number of alkyl halides is 1. The van der Waals surface area contributed by atoms with Crippen LogP contribution in [0.1, 0.15) is 0 Å². The Hall–Kier alpha value is -1.19. The second-order valence-corrected chi connectivity index (χ2v) is 3.87. The number of halogens is 2. The van der Waals surface area contributed by atoms with Crippen molar-refractivity contribution in [1.29, 1.82) is 0 Å². The van der Waals surface area contributed by atoms with Gasteiger partial charge in [-0.15, -0.1) is 0 Å². The quantitative estimate of drug-likeness (QED) is 0.586. The zero-order chi connectivity index (χ0) is 10.7. The van der Waals surface area contributed by atoms with Crippen LogP contribution in [0.25, 0.3) is 0 Å². The molecule has 0 saturated heterocycles. The van der Waals surface area contributed by atoms with Gasteiger partial charge < -0.3 is 10.6 Å². The Morgan fingerprint density at radius 2 is 2.27 bits per heavy atom. The van der Waals surface area contributed by atoms with Crippen LogP contribution in [-0.2, 0) is 0 Å². The highest BCUT2D eigenvalue weighted by atomic mass is 35.5. The monoisotopic (exact) mass is 241 g/mol. The summed E-state index contributed by atoms with van der Waals surface area (Å²) in [7, 11) is 0. The van der Waals surface area contributed by atoms with Crippen molar-refractivity contribution in [2.24, 2.45) is 4.99 Å². The third-order valence-electron chi connectivity index (χ3n) is 1.81. The molecule has 0 aliphatic carbocycles. The molecule has 0 bridgehead atoms. The average Bonchev–Trinajstić information content (AvgIpc) is 2.17. The zero-order valence-corrected chi connectivity index (χ0v) is 9.26. The predicted octanol–water partition coefficient (Wildman–Crippen LogP) is 2.79. The van der Waals surface area contributed by atoms with Crippen molar-refractivity contribution in [3.63, 3.8) is 0 Å². The van der Waals surface area contributed by atoms with Gasteiger partial charge in [0.2, 0.25) is 5.96 Å². The average molecular weight is 242 g/mol. The molecule has 0 fully saturated rings. The molecule has 1 aliphatic rings. The van der Waals surface area contributed by atoms with E-state index in [0.717, 1.165) is 5.69 Å². The van der Waals surface area contributed by atoms with Crippen LogP contribution in [0.4, 0.5) is 5.69 Å². The minimum atomic E-state index is -0.326. The van der Waals surface area contributed by atoms with Crippen molar-refractivity contribution in [1.82, 2.24) is 5.32 Å². The summed E-state index contributed by atoms with van der Waals surface area (Å²) in [6.07, 6.45) is 3.50. The van der Waals surface area contributed by atoms with Crippen LogP contribution >= 0.6 is 23.2 Å². The van der Waals surface area contributed by atoms with Crippen LogP contribution in [0.5, 0.6) is 0 Å². The Bertz CT molecular complexity index is 415. The number of benzene rings is 1. The first kappa shape index (κ1) is 10.3. The van der Waals surface area contributed by atoms with E-state index in [9.17, 15) is 0 Å². The summed E-state index contributed by atoms with van der Waals surface area (Å²) in [5.74, 6) is 0.611. The second-order valence-electron chi connectivity index (χ2n) is 2.99. The number of nitrogens with one attached hydrogen (secondary N) is 2. The van der Waals surface area contributed by atoms with Crippen molar-refractivity contribution in [2.75, 3.05) is 5.32 Å². The molecule has 78 valence electrons. The maximum absolute atomic E-state index is 5.85. The molecule has 1 heterocycles. The fourth-order valence-corrected chi connectivity index (χ4v) is 1.54. The molecule has 0 amide bonds. The summed E-state index contributed by atoms with van der Waals surface area (Å²) in [5, 5.41) is 6.69. The summed E-state index contributed by atoms with van der Waals surface area (Å²) in [5.41, 5.74) is 0.542. The lowest BCUT2D eigenvalue weighted by atomic mass is 10.3. The molecule has 1 aromatic carbocycles. The summed E-state index contributed by atoms with van der Waals surface area (Å²) < 4.78 is 0. The van der Waals surface area contributed by atoms with Gasteiger partial charge in [-0.2, -0.15) is 0 Å². The number of guanidine groups is 1. The Kier molecular flexibility index (Phi) is 3.14. The largest absolute Gasteiger partial charge is 0.333 e. The van der Waals surface area contributed by atoms with Gasteiger partial charge in [0, 0.05) is 16.9 Å². The molecule has 0 saturated carbocycles. The molecule has 2 N–H and O–H groups in total. The molecule has 2 rings (SSSR count). The van der Waals surface area contributed by atoms with E-state index in [4.69, 9.17) is 23.2 Å². The van der Waals surface area contributed by atoms with Crippen LogP contribution in [-0.4, -0.2) is 11.5 Å². The first-order chi connectivity index (χ1) is 7.24. The highest BCUT2D eigenvalue weighted by molar-refractivity contribution is 6.30. The lowest BCUT2D eigenvalue weighted by Crippen LogP contribution is -2.30. The third-order valence-corrected chi connectivity index (χ3v) is 2.29. The zero-order valence-electron chi connectivity index (χ0n) is 7.74. The number of hydrogen-bond acceptors (Lipinski definition) is 3. The molecule has 1 unspecified atom stereocenters. The fourth-order valence-electron chi connectivity index (χ4n) is 1.18. The standard InChI is InChI=1S/C10H9Cl2N3/c11-7-2-1-3-8(6-7)14-10-13-5-4-9(12)15-10/h1-6,9H,(H2,13,14,15). The van der Waals surface area contributed by atoms with Crippen molar-refractivity contribution in [3.8, 4) is 0 Å². The van der Waals surface area contributed by atoms with E-state index in [2.05, 4.69) is 15.6 Å². The molecular weight excluding hydrogens is 233 g/mol. The number of rotatable bonds is 1. The van der Waals surface area contributed by atoms with Crippen LogP contribution in [0.3, 0.4) is 0 Å². The SMILES string of the molecule is Clc1cccc(NC2=NC(Cl)C=CN2)c1. The minimum Gasteiger partial charge on any atom is -0.333 e. The smallest absolute Gasteiger partial charge is 0.201 e. The maximum Gasteiger partial charge on any atom is 0.201 e. The van der Waals surface area contributed by atoms with E-state index >= 15 is 0 Å². The van der Waals surface area contributed by atoms with Crippen LogP contribution in [0.15, 0.2) is 41.5 Å². The minimum absolute atomic E-state index is 0.326. The van der Waals surface area contributed by atoms with Gasteiger partial charge in [-0.05, 0) is 24.3 Å². The molecule has 1 atom stereocenters. The van der Waals surface area contributed by atoms with E-state index in [1.54, 1.807) is 12.3 Å². The van der Waals surface area contributed by atoms with Crippen molar-refractivity contribution < 1.29 is 0 Å². The molecule has 5 heteroatoms. The third kappa shape index (κ3) is 2.88. The topological polar surface area (TPSA) is 36.4 Å². The summed E-state index contributed by atoms with van der Waals surface area (Å²) in [6.45, 7) is 0. The lowest BCUT2D eigenvalue weighted by molar-refractivity contribution is 1.04. The number of hydrogen-bond donors (Lipinski definition) is 2. The Balaban J connectivity index is 2.09. The predicted molar refractivity (Wildman–Crippen MR) is 64.4 cm³/mol. The van der Waals surface area contributed by atoms with Crippen LogP contribution < -0.4 is 10.6 Å². The first-order valence-electron chi connectivity index (χ1n) is 4.42. The van der Waals surface area contributed by atoms with E-state index in [1.165, 1.54) is 0 Å². The molecule has 0 spiro atoms. The molecule has 0 radical (unpaired) electrons. The van der Waals surface area contributed by atoms with E-state index < -0.39 is 0 Å². The highest BCUT2D eigenvalue weighted by Gasteiger charge is 2.06.